The molecule has 1 heterocycles. The number of rotatable bonds is 6. The molecule has 0 bridgehead atoms. The van der Waals surface area contributed by atoms with Gasteiger partial charge in [0.1, 0.15) is 6.61 Å². The van der Waals surface area contributed by atoms with Crippen LogP contribution in [0.4, 0.5) is 11.4 Å². The minimum atomic E-state index is -0.328. The maximum absolute atomic E-state index is 11.5. The van der Waals surface area contributed by atoms with Crippen LogP contribution in [0.5, 0.6) is 11.5 Å². The van der Waals surface area contributed by atoms with E-state index in [-0.39, 0.29) is 35.1 Å². The Labute approximate surface area is 227 Å². The normalized spacial score (nSPS) is 19.9. The van der Waals surface area contributed by atoms with E-state index in [2.05, 4.69) is 33.4 Å². The summed E-state index contributed by atoms with van der Waals surface area (Å²) in [6.45, 7) is 2.16. The van der Waals surface area contributed by atoms with Gasteiger partial charge in [-0.25, -0.2) is 0 Å². The average molecular weight is 590 g/mol. The third-order valence-electron chi connectivity index (χ3n) is 6.86. The first-order valence-corrected chi connectivity index (χ1v) is 13.0. The maximum Gasteiger partial charge on any atom is 0.270 e. The van der Waals surface area contributed by atoms with Crippen molar-refractivity contribution in [3.8, 4) is 11.5 Å². The van der Waals surface area contributed by atoms with E-state index in [9.17, 15) is 10.1 Å². The molecular formula is C27H23BrCl2N2O4. The minimum Gasteiger partial charge on any atom is -0.493 e. The van der Waals surface area contributed by atoms with Crippen molar-refractivity contribution in [1.29, 1.82) is 0 Å². The number of nitrogens with one attached hydrogen (secondary N) is 1. The third-order valence-corrected chi connectivity index (χ3v) is 8.04. The lowest BCUT2D eigenvalue weighted by Gasteiger charge is -2.38. The highest BCUT2D eigenvalue weighted by atomic mass is 79.9. The SMILES string of the molecule is COc1cc([C@@H]2Nc3c(C)cc([N+](=O)[O-])cc3[C@@H]3C=CC[C@@H]32)cc(Br)c1OCc1ccc(Cl)cc1Cl. The number of allylic oxidation sites excluding steroid dienone is 2. The monoisotopic (exact) mass is 588 g/mol. The molecule has 3 aromatic rings. The molecule has 0 fully saturated rings. The molecule has 0 spiro atoms. The van der Waals surface area contributed by atoms with E-state index in [4.69, 9.17) is 32.7 Å². The number of benzene rings is 3. The summed E-state index contributed by atoms with van der Waals surface area (Å²) in [5.74, 6) is 1.49. The van der Waals surface area contributed by atoms with Gasteiger partial charge in [-0.2, -0.15) is 0 Å². The standard InChI is InChI=1S/C27H23BrCl2N2O4/c1-14-8-18(32(33)34)12-21-19-4-3-5-20(19)26(31-25(14)21)16-9-22(28)27(24(10-16)35-2)36-13-15-6-7-17(29)11-23(15)30/h3-4,6-12,19-20,26,31H,5,13H2,1-2H3/t19-,20+,26+/m1/s1. The summed E-state index contributed by atoms with van der Waals surface area (Å²) >= 11 is 16.0. The van der Waals surface area contributed by atoms with E-state index < -0.39 is 0 Å². The molecule has 3 aromatic carbocycles. The van der Waals surface area contributed by atoms with Gasteiger partial charge in [-0.3, -0.25) is 10.1 Å². The van der Waals surface area contributed by atoms with E-state index in [1.165, 1.54) is 0 Å². The van der Waals surface area contributed by atoms with Crippen LogP contribution in [0.1, 0.15) is 40.6 Å². The van der Waals surface area contributed by atoms with Crippen molar-refractivity contribution in [1.82, 2.24) is 0 Å². The number of hydrogen-bond acceptors (Lipinski definition) is 5. The fraction of sp³-hybridized carbons (Fsp3) is 0.259. The number of anilines is 1. The van der Waals surface area contributed by atoms with Gasteiger partial charge >= 0.3 is 0 Å². The first-order chi connectivity index (χ1) is 17.3. The van der Waals surface area contributed by atoms with E-state index in [0.29, 0.717) is 21.5 Å². The molecule has 5 rings (SSSR count). The maximum atomic E-state index is 11.5. The fourth-order valence-corrected chi connectivity index (χ4v) is 6.19. The lowest BCUT2D eigenvalue weighted by Crippen LogP contribution is -2.29. The van der Waals surface area contributed by atoms with Crippen molar-refractivity contribution < 1.29 is 14.4 Å². The number of hydrogen-bond donors (Lipinski definition) is 1. The van der Waals surface area contributed by atoms with Gasteiger partial charge in [0.15, 0.2) is 11.5 Å². The van der Waals surface area contributed by atoms with Gasteiger partial charge in [0, 0.05) is 39.3 Å². The molecule has 0 radical (unpaired) electrons. The molecule has 2 aliphatic rings. The van der Waals surface area contributed by atoms with Crippen molar-refractivity contribution in [3.63, 3.8) is 0 Å². The number of fused-ring (bicyclic) bond motifs is 3. The lowest BCUT2D eigenvalue weighted by atomic mass is 9.76. The minimum absolute atomic E-state index is 0.0115. The second-order valence-electron chi connectivity index (χ2n) is 9.02. The van der Waals surface area contributed by atoms with Gasteiger partial charge < -0.3 is 14.8 Å². The molecule has 1 aliphatic carbocycles. The zero-order chi connectivity index (χ0) is 25.6. The largest absolute Gasteiger partial charge is 0.493 e. The molecule has 0 saturated carbocycles. The van der Waals surface area contributed by atoms with Crippen LogP contribution >= 0.6 is 39.1 Å². The van der Waals surface area contributed by atoms with Crippen molar-refractivity contribution in [2.75, 3.05) is 12.4 Å². The third kappa shape index (κ3) is 4.56. The number of non-ortho nitro benzene ring substituents is 1. The summed E-state index contributed by atoms with van der Waals surface area (Å²) in [5, 5.41) is 16.2. The van der Waals surface area contributed by atoms with Crippen molar-refractivity contribution in [2.24, 2.45) is 5.92 Å². The molecule has 1 aliphatic heterocycles. The fourth-order valence-electron chi connectivity index (χ4n) is 5.15. The molecule has 0 aromatic heterocycles. The van der Waals surface area contributed by atoms with Gasteiger partial charge in [0.25, 0.3) is 5.69 Å². The van der Waals surface area contributed by atoms with Gasteiger partial charge in [-0.05, 0) is 76.1 Å². The van der Waals surface area contributed by atoms with Crippen molar-refractivity contribution >= 4 is 50.5 Å². The van der Waals surface area contributed by atoms with Gasteiger partial charge in [-0.1, -0.05) is 41.4 Å². The summed E-state index contributed by atoms with van der Waals surface area (Å²) in [6.07, 6.45) is 5.20. The second-order valence-corrected chi connectivity index (χ2v) is 10.7. The quantitative estimate of drug-likeness (QED) is 0.177. The van der Waals surface area contributed by atoms with E-state index in [1.807, 2.05) is 25.1 Å². The Morgan fingerprint density at radius 2 is 2.00 bits per heavy atom. The van der Waals surface area contributed by atoms with Crippen molar-refractivity contribution in [3.05, 3.63) is 102 Å². The topological polar surface area (TPSA) is 73.6 Å². The Morgan fingerprint density at radius 3 is 2.72 bits per heavy atom. The van der Waals surface area contributed by atoms with Crippen LogP contribution < -0.4 is 14.8 Å². The Bertz CT molecular complexity index is 1390. The zero-order valence-corrected chi connectivity index (χ0v) is 22.7. The van der Waals surface area contributed by atoms with Crippen LogP contribution in [0.3, 0.4) is 0 Å². The Hall–Kier alpha value is -2.74. The number of ether oxygens (including phenoxy) is 2. The number of nitrogens with zero attached hydrogens (tertiary/aromatic N) is 1. The number of halogens is 3. The molecule has 9 heteroatoms. The highest BCUT2D eigenvalue weighted by molar-refractivity contribution is 9.10. The summed E-state index contributed by atoms with van der Waals surface area (Å²) < 4.78 is 12.6. The summed E-state index contributed by atoms with van der Waals surface area (Å²) in [7, 11) is 1.61. The highest BCUT2D eigenvalue weighted by Crippen LogP contribution is 2.52. The Balaban J connectivity index is 1.48. The molecule has 0 saturated heterocycles. The molecule has 1 N–H and O–H groups in total. The summed E-state index contributed by atoms with van der Waals surface area (Å²) in [5.41, 5.74) is 4.76. The van der Waals surface area contributed by atoms with Gasteiger partial charge in [0.2, 0.25) is 0 Å². The number of nitro benzene ring substituents is 1. The Kier molecular flexibility index (Phi) is 6.90. The predicted octanol–water partition coefficient (Wildman–Crippen LogP) is 8.39. The van der Waals surface area contributed by atoms with Gasteiger partial charge in [0.05, 0.1) is 22.5 Å². The number of nitro groups is 1. The van der Waals surface area contributed by atoms with Crippen LogP contribution in [-0.4, -0.2) is 12.0 Å². The first kappa shape index (κ1) is 24.9. The summed E-state index contributed by atoms with van der Waals surface area (Å²) in [6, 6.07) is 12.6. The van der Waals surface area contributed by atoms with Crippen LogP contribution in [0, 0.1) is 23.0 Å². The van der Waals surface area contributed by atoms with Crippen LogP contribution in [0.25, 0.3) is 0 Å². The predicted molar refractivity (Wildman–Crippen MR) is 146 cm³/mol. The Morgan fingerprint density at radius 1 is 1.19 bits per heavy atom. The van der Waals surface area contributed by atoms with Crippen LogP contribution in [-0.2, 0) is 6.61 Å². The van der Waals surface area contributed by atoms with Gasteiger partial charge in [-0.15, -0.1) is 0 Å². The second kappa shape index (κ2) is 9.96. The molecular weight excluding hydrogens is 567 g/mol. The van der Waals surface area contributed by atoms with E-state index >= 15 is 0 Å². The average Bonchev–Trinajstić information content (AvgIpc) is 3.33. The van der Waals surface area contributed by atoms with Crippen molar-refractivity contribution in [2.45, 2.75) is 31.9 Å². The molecule has 186 valence electrons. The molecule has 6 nitrogen and oxygen atoms in total. The molecule has 36 heavy (non-hydrogen) atoms. The summed E-state index contributed by atoms with van der Waals surface area (Å²) in [4.78, 5) is 11.1. The molecule has 0 unspecified atom stereocenters. The molecule has 0 amide bonds. The number of aryl methyl sites for hydroxylation is 1. The first-order valence-electron chi connectivity index (χ1n) is 11.4. The smallest absolute Gasteiger partial charge is 0.270 e. The molecule has 3 atom stereocenters. The van der Waals surface area contributed by atoms with E-state index in [1.54, 1.807) is 31.4 Å². The van der Waals surface area contributed by atoms with Crippen LogP contribution in [0.2, 0.25) is 10.0 Å². The highest BCUT2D eigenvalue weighted by Gasteiger charge is 2.40. The lowest BCUT2D eigenvalue weighted by molar-refractivity contribution is -0.385. The van der Waals surface area contributed by atoms with E-state index in [0.717, 1.165) is 38.8 Å². The zero-order valence-electron chi connectivity index (χ0n) is 19.6. The number of methoxy groups -OCH3 is 1. The van der Waals surface area contributed by atoms with Crippen LogP contribution in [0.15, 0.2) is 59.1 Å².